The summed E-state index contributed by atoms with van der Waals surface area (Å²) in [5, 5.41) is 3.39. The normalized spacial score (nSPS) is 16.7. The molecule has 0 spiro atoms. The number of hydrogen-bond acceptors (Lipinski definition) is 5. The molecule has 3 aromatic rings. The summed E-state index contributed by atoms with van der Waals surface area (Å²) >= 11 is 1.39. The van der Waals surface area contributed by atoms with Gasteiger partial charge in [0.05, 0.1) is 23.2 Å². The monoisotopic (exact) mass is 381 g/mol. The predicted molar refractivity (Wildman–Crippen MR) is 106 cm³/mol. The smallest absolute Gasteiger partial charge is 0.231 e. The molecule has 0 aliphatic carbocycles. The average molecular weight is 381 g/mol. The van der Waals surface area contributed by atoms with Gasteiger partial charge in [0.2, 0.25) is 11.8 Å². The van der Waals surface area contributed by atoms with E-state index in [1.54, 1.807) is 12.0 Å². The zero-order valence-electron chi connectivity index (χ0n) is 15.1. The van der Waals surface area contributed by atoms with E-state index in [2.05, 4.69) is 10.3 Å². The molecule has 138 valence electrons. The number of nitrogens with zero attached hydrogens (tertiary/aromatic N) is 2. The standard InChI is InChI=1S/C20H19N3O3S/c1-12-3-5-14(6-4-12)23-11-13(9-18(23)24)19(25)22-20-21-16-8-7-15(26-2)10-17(16)27-20/h3-8,10,13H,9,11H2,1-2H3,(H,21,22,25). The van der Waals surface area contributed by atoms with Gasteiger partial charge < -0.3 is 15.0 Å². The van der Waals surface area contributed by atoms with Crippen molar-refractivity contribution in [1.29, 1.82) is 0 Å². The Kier molecular flexibility index (Phi) is 4.53. The third kappa shape index (κ3) is 3.50. The van der Waals surface area contributed by atoms with Crippen molar-refractivity contribution in [3.8, 4) is 5.75 Å². The van der Waals surface area contributed by atoms with Gasteiger partial charge in [-0.2, -0.15) is 0 Å². The van der Waals surface area contributed by atoms with Gasteiger partial charge in [-0.3, -0.25) is 9.59 Å². The third-order valence-electron chi connectivity index (χ3n) is 4.67. The molecule has 1 saturated heterocycles. The van der Waals surface area contributed by atoms with Crippen LogP contribution in [0.1, 0.15) is 12.0 Å². The van der Waals surface area contributed by atoms with E-state index in [-0.39, 0.29) is 24.2 Å². The molecule has 0 saturated carbocycles. The maximum atomic E-state index is 12.6. The number of ether oxygens (including phenoxy) is 1. The number of hydrogen-bond donors (Lipinski definition) is 1. The number of rotatable bonds is 4. The fourth-order valence-corrected chi connectivity index (χ4v) is 4.05. The third-order valence-corrected chi connectivity index (χ3v) is 5.60. The number of carbonyl (C=O) groups is 2. The van der Waals surface area contributed by atoms with Gasteiger partial charge in [-0.25, -0.2) is 4.98 Å². The first-order valence-corrected chi connectivity index (χ1v) is 9.47. The van der Waals surface area contributed by atoms with E-state index in [0.29, 0.717) is 11.7 Å². The van der Waals surface area contributed by atoms with Crippen molar-refractivity contribution in [3.63, 3.8) is 0 Å². The lowest BCUT2D eigenvalue weighted by Gasteiger charge is -2.16. The minimum absolute atomic E-state index is 0.0342. The summed E-state index contributed by atoms with van der Waals surface area (Å²) < 4.78 is 6.15. The maximum Gasteiger partial charge on any atom is 0.231 e. The molecule has 7 heteroatoms. The number of amides is 2. The second-order valence-electron chi connectivity index (χ2n) is 6.58. The molecule has 0 bridgehead atoms. The molecule has 1 N–H and O–H groups in total. The van der Waals surface area contributed by atoms with Gasteiger partial charge in [-0.15, -0.1) is 0 Å². The van der Waals surface area contributed by atoms with E-state index in [4.69, 9.17) is 4.74 Å². The van der Waals surface area contributed by atoms with Crippen LogP contribution < -0.4 is 15.0 Å². The minimum Gasteiger partial charge on any atom is -0.497 e. The topological polar surface area (TPSA) is 71.5 Å². The van der Waals surface area contributed by atoms with Crippen LogP contribution in [0.5, 0.6) is 5.75 Å². The quantitative estimate of drug-likeness (QED) is 0.749. The number of benzene rings is 2. The maximum absolute atomic E-state index is 12.6. The Morgan fingerprint density at radius 2 is 2.04 bits per heavy atom. The highest BCUT2D eigenvalue weighted by atomic mass is 32.1. The molecule has 6 nitrogen and oxygen atoms in total. The lowest BCUT2D eigenvalue weighted by Crippen LogP contribution is -2.28. The van der Waals surface area contributed by atoms with Crippen molar-refractivity contribution in [3.05, 3.63) is 48.0 Å². The van der Waals surface area contributed by atoms with E-state index < -0.39 is 0 Å². The van der Waals surface area contributed by atoms with Crippen molar-refractivity contribution >= 4 is 44.2 Å². The van der Waals surface area contributed by atoms with Gasteiger partial charge >= 0.3 is 0 Å². The molecular weight excluding hydrogens is 362 g/mol. The van der Waals surface area contributed by atoms with Gasteiger partial charge in [0.1, 0.15) is 5.75 Å². The molecule has 1 fully saturated rings. The number of anilines is 2. The predicted octanol–water partition coefficient (Wildman–Crippen LogP) is 3.60. The molecule has 2 heterocycles. The van der Waals surface area contributed by atoms with Crippen molar-refractivity contribution in [1.82, 2.24) is 4.98 Å². The zero-order chi connectivity index (χ0) is 19.0. The van der Waals surface area contributed by atoms with Crippen LogP contribution in [0, 0.1) is 12.8 Å². The molecule has 1 aromatic heterocycles. The lowest BCUT2D eigenvalue weighted by molar-refractivity contribution is -0.122. The van der Waals surface area contributed by atoms with Crippen molar-refractivity contribution in [2.24, 2.45) is 5.92 Å². The van der Waals surface area contributed by atoms with Gasteiger partial charge in [-0.05, 0) is 37.3 Å². The first-order valence-electron chi connectivity index (χ1n) is 8.66. The van der Waals surface area contributed by atoms with Crippen LogP contribution in [0.2, 0.25) is 0 Å². The summed E-state index contributed by atoms with van der Waals surface area (Å²) in [5.41, 5.74) is 2.76. The Bertz CT molecular complexity index is 1010. The van der Waals surface area contributed by atoms with Crippen LogP contribution in [-0.4, -0.2) is 30.5 Å². The first kappa shape index (κ1) is 17.5. The molecule has 2 aromatic carbocycles. The van der Waals surface area contributed by atoms with Crippen molar-refractivity contribution < 1.29 is 14.3 Å². The number of carbonyl (C=O) groups excluding carboxylic acids is 2. The van der Waals surface area contributed by atoms with Crippen LogP contribution in [-0.2, 0) is 9.59 Å². The Balaban J connectivity index is 1.47. The fourth-order valence-electron chi connectivity index (χ4n) is 3.15. The number of fused-ring (bicyclic) bond motifs is 1. The van der Waals surface area contributed by atoms with E-state index in [1.807, 2.05) is 49.4 Å². The van der Waals surface area contributed by atoms with Gasteiger partial charge in [0.15, 0.2) is 5.13 Å². The van der Waals surface area contributed by atoms with Gasteiger partial charge in [-0.1, -0.05) is 29.0 Å². The summed E-state index contributed by atoms with van der Waals surface area (Å²) in [6.45, 7) is 2.38. The Labute approximate surface area is 160 Å². The highest BCUT2D eigenvalue weighted by Gasteiger charge is 2.35. The van der Waals surface area contributed by atoms with E-state index >= 15 is 0 Å². The molecule has 2 amide bonds. The Hall–Kier alpha value is -2.93. The largest absolute Gasteiger partial charge is 0.497 e. The summed E-state index contributed by atoms with van der Waals surface area (Å²) in [6, 6.07) is 13.3. The fraction of sp³-hybridized carbons (Fsp3) is 0.250. The molecule has 1 unspecified atom stereocenters. The highest BCUT2D eigenvalue weighted by molar-refractivity contribution is 7.22. The van der Waals surface area contributed by atoms with E-state index in [1.165, 1.54) is 11.3 Å². The molecule has 4 rings (SSSR count). The lowest BCUT2D eigenvalue weighted by atomic mass is 10.1. The van der Waals surface area contributed by atoms with Crippen molar-refractivity contribution in [2.75, 3.05) is 23.9 Å². The van der Waals surface area contributed by atoms with Gasteiger partial charge in [0.25, 0.3) is 0 Å². The van der Waals surface area contributed by atoms with Crippen LogP contribution in [0.25, 0.3) is 10.2 Å². The SMILES string of the molecule is COc1ccc2nc(NC(=O)C3CC(=O)N(c4ccc(C)cc4)C3)sc2c1. The Morgan fingerprint density at radius 3 is 2.78 bits per heavy atom. The highest BCUT2D eigenvalue weighted by Crippen LogP contribution is 2.31. The van der Waals surface area contributed by atoms with Gasteiger partial charge in [0, 0.05) is 18.7 Å². The van der Waals surface area contributed by atoms with Crippen LogP contribution in [0.15, 0.2) is 42.5 Å². The molecule has 1 aliphatic heterocycles. The summed E-state index contributed by atoms with van der Waals surface area (Å²) in [5.74, 6) is 0.150. The molecule has 27 heavy (non-hydrogen) atoms. The molecule has 0 radical (unpaired) electrons. The second kappa shape index (κ2) is 7.00. The molecule has 1 atom stereocenters. The molecule has 1 aliphatic rings. The summed E-state index contributed by atoms with van der Waals surface area (Å²) in [4.78, 5) is 31.1. The minimum atomic E-state index is -0.389. The number of aromatic nitrogens is 1. The van der Waals surface area contributed by atoms with E-state index in [0.717, 1.165) is 27.2 Å². The zero-order valence-corrected chi connectivity index (χ0v) is 15.9. The first-order chi connectivity index (χ1) is 13.0. The van der Waals surface area contributed by atoms with Crippen LogP contribution >= 0.6 is 11.3 Å². The number of thiazole rings is 1. The Morgan fingerprint density at radius 1 is 1.26 bits per heavy atom. The summed E-state index contributed by atoms with van der Waals surface area (Å²) in [6.07, 6.45) is 0.207. The van der Waals surface area contributed by atoms with Crippen LogP contribution in [0.3, 0.4) is 0 Å². The summed E-state index contributed by atoms with van der Waals surface area (Å²) in [7, 11) is 1.61. The average Bonchev–Trinajstić information content (AvgIpc) is 3.24. The number of aryl methyl sites for hydroxylation is 1. The van der Waals surface area contributed by atoms with Crippen LogP contribution in [0.4, 0.5) is 10.8 Å². The molecular formula is C20H19N3O3S. The second-order valence-corrected chi connectivity index (χ2v) is 7.61. The number of nitrogens with one attached hydrogen (secondary N) is 1. The van der Waals surface area contributed by atoms with E-state index in [9.17, 15) is 9.59 Å². The number of methoxy groups -OCH3 is 1. The van der Waals surface area contributed by atoms with Crippen molar-refractivity contribution in [2.45, 2.75) is 13.3 Å².